The summed E-state index contributed by atoms with van der Waals surface area (Å²) in [5, 5.41) is 10.1. The summed E-state index contributed by atoms with van der Waals surface area (Å²) >= 11 is 0. The van der Waals surface area contributed by atoms with E-state index >= 15 is 0 Å². The van der Waals surface area contributed by atoms with Crippen molar-refractivity contribution < 1.29 is 13.6 Å². The lowest BCUT2D eigenvalue weighted by atomic mass is 9.73. The summed E-state index contributed by atoms with van der Waals surface area (Å²) in [6.45, 7) is 3.77. The van der Waals surface area contributed by atoms with Crippen LogP contribution < -0.4 is 10.6 Å². The first kappa shape index (κ1) is 16.2. The van der Waals surface area contributed by atoms with Gasteiger partial charge in [0.1, 0.15) is 5.82 Å². The summed E-state index contributed by atoms with van der Waals surface area (Å²) in [5.41, 5.74) is 1.72. The molecule has 0 aromatic carbocycles. The third-order valence-electron chi connectivity index (χ3n) is 4.75. The number of carbonyl (C=O) groups is 1. The van der Waals surface area contributed by atoms with Gasteiger partial charge in [0.05, 0.1) is 5.69 Å². The molecule has 1 heterocycles. The molecule has 1 aromatic heterocycles. The number of anilines is 1. The van der Waals surface area contributed by atoms with Crippen molar-refractivity contribution in [3.05, 3.63) is 11.3 Å². The predicted octanol–water partition coefficient (Wildman–Crippen LogP) is 3.73. The Morgan fingerprint density at radius 3 is 2.43 bits per heavy atom. The number of halogens is 2. The molecule has 0 unspecified atom stereocenters. The number of aryl methyl sites for hydroxylation is 1. The molecule has 0 saturated heterocycles. The third-order valence-corrected chi connectivity index (χ3v) is 4.75. The first-order valence-electron chi connectivity index (χ1n) is 8.29. The van der Waals surface area contributed by atoms with Gasteiger partial charge in [-0.05, 0) is 32.6 Å². The van der Waals surface area contributed by atoms with E-state index in [-0.39, 0.29) is 30.8 Å². The molecule has 0 bridgehead atoms. The zero-order chi connectivity index (χ0) is 16.8. The number of urea groups is 1. The lowest BCUT2D eigenvalue weighted by Gasteiger charge is -2.36. The molecule has 0 radical (unpaired) electrons. The Balaban J connectivity index is 1.86. The highest BCUT2D eigenvalue weighted by Crippen LogP contribution is 2.52. The van der Waals surface area contributed by atoms with Gasteiger partial charge < -0.3 is 5.32 Å². The summed E-state index contributed by atoms with van der Waals surface area (Å²) in [4.78, 5) is 12.0. The number of carbonyl (C=O) groups excluding carboxylic acids is 1. The molecule has 0 atom stereocenters. The van der Waals surface area contributed by atoms with Gasteiger partial charge >= 0.3 is 6.03 Å². The normalized spacial score (nSPS) is 21.0. The van der Waals surface area contributed by atoms with Crippen molar-refractivity contribution in [1.82, 2.24) is 15.1 Å². The lowest BCUT2D eigenvalue weighted by Crippen LogP contribution is -2.35. The third kappa shape index (κ3) is 3.19. The summed E-state index contributed by atoms with van der Waals surface area (Å²) < 4.78 is 28.1. The second-order valence-corrected chi connectivity index (χ2v) is 7.11. The van der Waals surface area contributed by atoms with Gasteiger partial charge in [0.25, 0.3) is 0 Å². The molecule has 0 spiro atoms. The largest absolute Gasteiger partial charge is 0.336 e. The molecule has 2 saturated carbocycles. The van der Waals surface area contributed by atoms with Crippen LogP contribution in [-0.2, 0) is 7.05 Å². The van der Waals surface area contributed by atoms with E-state index in [0.717, 1.165) is 30.5 Å². The number of alkyl halides is 2. The van der Waals surface area contributed by atoms with Crippen LogP contribution in [0.4, 0.5) is 19.4 Å². The number of nitrogens with zero attached hydrogens (tertiary/aromatic N) is 2. The topological polar surface area (TPSA) is 59.0 Å². The minimum Gasteiger partial charge on any atom is -0.336 e. The fraction of sp³-hybridized carbons (Fsp3) is 0.750. The number of rotatable bonds is 4. The van der Waals surface area contributed by atoms with Crippen LogP contribution >= 0.6 is 0 Å². The van der Waals surface area contributed by atoms with E-state index < -0.39 is 5.92 Å². The molecule has 2 fully saturated rings. The maximum atomic E-state index is 13.2. The zero-order valence-corrected chi connectivity index (χ0v) is 13.8. The summed E-state index contributed by atoms with van der Waals surface area (Å²) in [5.74, 6) is -1.79. The zero-order valence-electron chi connectivity index (χ0n) is 13.8. The lowest BCUT2D eigenvalue weighted by molar-refractivity contribution is -0.0879. The van der Waals surface area contributed by atoms with Crippen LogP contribution in [-0.4, -0.2) is 27.8 Å². The number of nitrogens with one attached hydrogen (secondary N) is 2. The van der Waals surface area contributed by atoms with Gasteiger partial charge in [-0.1, -0.05) is 6.42 Å². The van der Waals surface area contributed by atoms with Gasteiger partial charge in [0.2, 0.25) is 5.92 Å². The Labute approximate surface area is 134 Å². The van der Waals surface area contributed by atoms with Crippen molar-refractivity contribution >= 4 is 11.8 Å². The number of amides is 2. The van der Waals surface area contributed by atoms with Gasteiger partial charge in [-0.3, -0.25) is 10.00 Å². The fourth-order valence-corrected chi connectivity index (χ4v) is 3.37. The Bertz CT molecular complexity index is 599. The van der Waals surface area contributed by atoms with Crippen LogP contribution in [0.1, 0.15) is 69.0 Å². The van der Waals surface area contributed by atoms with Gasteiger partial charge in [0.15, 0.2) is 0 Å². The first-order valence-corrected chi connectivity index (χ1v) is 8.29. The van der Waals surface area contributed by atoms with Crippen molar-refractivity contribution in [2.45, 2.75) is 69.8 Å². The average molecular weight is 326 g/mol. The second-order valence-electron chi connectivity index (χ2n) is 7.11. The van der Waals surface area contributed by atoms with Crippen molar-refractivity contribution in [3.8, 4) is 0 Å². The smallest absolute Gasteiger partial charge is 0.320 e. The molecule has 3 rings (SSSR count). The molecule has 2 N–H and O–H groups in total. The highest BCUT2D eigenvalue weighted by molar-refractivity contribution is 5.89. The van der Waals surface area contributed by atoms with Gasteiger partial charge in [-0.2, -0.15) is 5.10 Å². The molecule has 7 heteroatoms. The maximum Gasteiger partial charge on any atom is 0.320 e. The minimum absolute atomic E-state index is 0.0279. The van der Waals surface area contributed by atoms with E-state index in [4.69, 9.17) is 0 Å². The Hall–Kier alpha value is -1.66. The maximum absolute atomic E-state index is 13.2. The summed E-state index contributed by atoms with van der Waals surface area (Å²) in [7, 11) is 1.76. The van der Waals surface area contributed by atoms with Crippen molar-refractivity contribution in [2.24, 2.45) is 7.05 Å². The van der Waals surface area contributed by atoms with Crippen LogP contribution in [0.25, 0.3) is 0 Å². The Kier molecular flexibility index (Phi) is 4.06. The first-order chi connectivity index (χ1) is 10.8. The Morgan fingerprint density at radius 2 is 1.96 bits per heavy atom. The molecule has 23 heavy (non-hydrogen) atoms. The van der Waals surface area contributed by atoms with Gasteiger partial charge in [-0.15, -0.1) is 0 Å². The Morgan fingerprint density at radius 1 is 1.30 bits per heavy atom. The van der Waals surface area contributed by atoms with Crippen LogP contribution in [0.2, 0.25) is 0 Å². The highest BCUT2D eigenvalue weighted by Gasteiger charge is 2.49. The van der Waals surface area contributed by atoms with Crippen molar-refractivity contribution in [3.63, 3.8) is 0 Å². The van der Waals surface area contributed by atoms with Crippen LogP contribution in [0.5, 0.6) is 0 Å². The standard InChI is InChI=1S/C16H24F2N4O/c1-9(2)19-15(23)20-14-12(10-5-4-6-10)13(21-22(14)3)11-7-16(17,18)8-11/h9-11H,4-8H2,1-3H3,(H2,19,20,23). The number of aromatic nitrogens is 2. The predicted molar refractivity (Wildman–Crippen MR) is 84.0 cm³/mol. The summed E-state index contributed by atoms with van der Waals surface area (Å²) in [6, 6.07) is -0.255. The monoisotopic (exact) mass is 326 g/mol. The molecule has 2 aliphatic rings. The minimum atomic E-state index is -2.57. The molecule has 5 nitrogen and oxygen atoms in total. The van der Waals surface area contributed by atoms with E-state index in [1.54, 1.807) is 11.7 Å². The molecular weight excluding hydrogens is 302 g/mol. The van der Waals surface area contributed by atoms with Gasteiger partial charge in [0, 0.05) is 37.4 Å². The van der Waals surface area contributed by atoms with Crippen LogP contribution in [0, 0.1) is 0 Å². The molecule has 2 aliphatic carbocycles. The van der Waals surface area contributed by atoms with E-state index in [2.05, 4.69) is 15.7 Å². The molecule has 2 amide bonds. The average Bonchev–Trinajstić information content (AvgIpc) is 2.62. The van der Waals surface area contributed by atoms with E-state index in [1.165, 1.54) is 0 Å². The second kappa shape index (κ2) is 5.76. The van der Waals surface area contributed by atoms with E-state index in [9.17, 15) is 13.6 Å². The summed E-state index contributed by atoms with van der Waals surface area (Å²) in [6.07, 6.45) is 2.92. The number of hydrogen-bond acceptors (Lipinski definition) is 2. The highest BCUT2D eigenvalue weighted by atomic mass is 19.3. The molecular formula is C16H24F2N4O. The molecule has 128 valence electrons. The van der Waals surface area contributed by atoms with Crippen LogP contribution in [0.15, 0.2) is 0 Å². The molecule has 1 aromatic rings. The van der Waals surface area contributed by atoms with E-state index in [0.29, 0.717) is 11.7 Å². The fourth-order valence-electron chi connectivity index (χ4n) is 3.37. The van der Waals surface area contributed by atoms with Crippen molar-refractivity contribution in [1.29, 1.82) is 0 Å². The SMILES string of the molecule is CC(C)NC(=O)Nc1c(C2CCC2)c(C2CC(F)(F)C2)nn1C. The molecule has 0 aliphatic heterocycles. The van der Waals surface area contributed by atoms with Gasteiger partial charge in [-0.25, -0.2) is 13.6 Å². The van der Waals surface area contributed by atoms with Crippen LogP contribution in [0.3, 0.4) is 0 Å². The quantitative estimate of drug-likeness (QED) is 0.886. The van der Waals surface area contributed by atoms with E-state index in [1.807, 2.05) is 13.8 Å². The van der Waals surface area contributed by atoms with Crippen molar-refractivity contribution in [2.75, 3.05) is 5.32 Å². The number of hydrogen-bond donors (Lipinski definition) is 2.